The number of aliphatic hydroxyl groups is 1. The zero-order chi connectivity index (χ0) is 12.7. The second-order valence-corrected chi connectivity index (χ2v) is 5.15. The average molecular weight is 242 g/mol. The highest BCUT2D eigenvalue weighted by atomic mass is 16.3. The third-order valence-corrected chi connectivity index (χ3v) is 3.75. The molecule has 0 aromatic carbocycles. The molecule has 1 aliphatic rings. The lowest BCUT2D eigenvalue weighted by Gasteiger charge is -2.26. The van der Waals surface area contributed by atoms with Crippen LogP contribution in [0.3, 0.4) is 0 Å². The van der Waals surface area contributed by atoms with Crippen LogP contribution >= 0.6 is 0 Å². The molecule has 0 aromatic heterocycles. The molecule has 3 N–H and O–H groups in total. The van der Waals surface area contributed by atoms with Crippen molar-refractivity contribution in [2.45, 2.75) is 51.5 Å². The van der Waals surface area contributed by atoms with E-state index in [1.165, 1.54) is 0 Å². The minimum absolute atomic E-state index is 0.147. The predicted octanol–water partition coefficient (Wildman–Crippen LogP) is 1.04. The van der Waals surface area contributed by atoms with Crippen LogP contribution in [0.15, 0.2) is 0 Å². The van der Waals surface area contributed by atoms with Gasteiger partial charge in [0.05, 0.1) is 5.54 Å². The number of hydrogen-bond acceptors (Lipinski definition) is 3. The number of carbonyl (C=O) groups is 1. The molecule has 0 saturated carbocycles. The zero-order valence-corrected chi connectivity index (χ0v) is 11.1. The third-order valence-electron chi connectivity index (χ3n) is 3.75. The van der Waals surface area contributed by atoms with Gasteiger partial charge in [0, 0.05) is 13.2 Å². The van der Waals surface area contributed by atoms with Crippen LogP contribution in [0.2, 0.25) is 0 Å². The van der Waals surface area contributed by atoms with E-state index in [2.05, 4.69) is 17.6 Å². The number of rotatable bonds is 7. The van der Waals surface area contributed by atoms with Gasteiger partial charge in [-0.05, 0) is 44.6 Å². The number of hydrogen-bond donors (Lipinski definition) is 3. The number of carbonyl (C=O) groups excluding carboxylic acids is 1. The lowest BCUT2D eigenvalue weighted by atomic mass is 9.93. The van der Waals surface area contributed by atoms with Crippen molar-refractivity contribution in [1.82, 2.24) is 10.6 Å². The van der Waals surface area contributed by atoms with Crippen molar-refractivity contribution >= 4 is 5.91 Å². The molecule has 1 heterocycles. The van der Waals surface area contributed by atoms with Crippen molar-refractivity contribution in [3.8, 4) is 0 Å². The van der Waals surface area contributed by atoms with E-state index >= 15 is 0 Å². The summed E-state index contributed by atoms with van der Waals surface area (Å²) in [5, 5.41) is 15.2. The summed E-state index contributed by atoms with van der Waals surface area (Å²) in [6.45, 7) is 5.98. The van der Waals surface area contributed by atoms with Crippen molar-refractivity contribution in [1.29, 1.82) is 0 Å². The largest absolute Gasteiger partial charge is 0.396 e. The number of amides is 1. The van der Waals surface area contributed by atoms with Gasteiger partial charge >= 0.3 is 0 Å². The summed E-state index contributed by atoms with van der Waals surface area (Å²) in [5.41, 5.74) is -0.317. The molecule has 0 radical (unpaired) electrons. The van der Waals surface area contributed by atoms with Gasteiger partial charge in [-0.3, -0.25) is 4.79 Å². The van der Waals surface area contributed by atoms with Gasteiger partial charge in [-0.1, -0.05) is 13.8 Å². The van der Waals surface area contributed by atoms with E-state index < -0.39 is 0 Å². The molecule has 100 valence electrons. The fraction of sp³-hybridized carbons (Fsp3) is 0.923. The zero-order valence-electron chi connectivity index (χ0n) is 11.1. The van der Waals surface area contributed by atoms with Crippen LogP contribution in [0.25, 0.3) is 0 Å². The topological polar surface area (TPSA) is 61.4 Å². The molecule has 1 saturated heterocycles. The molecule has 1 rings (SSSR count). The van der Waals surface area contributed by atoms with Crippen molar-refractivity contribution in [2.75, 3.05) is 19.7 Å². The fourth-order valence-electron chi connectivity index (χ4n) is 2.38. The molecule has 0 aromatic rings. The van der Waals surface area contributed by atoms with E-state index in [-0.39, 0.29) is 18.1 Å². The predicted molar refractivity (Wildman–Crippen MR) is 68.8 cm³/mol. The second kappa shape index (κ2) is 6.97. The summed E-state index contributed by atoms with van der Waals surface area (Å²) >= 11 is 0. The summed E-state index contributed by atoms with van der Waals surface area (Å²) in [7, 11) is 0. The molecular weight excluding hydrogens is 216 g/mol. The van der Waals surface area contributed by atoms with E-state index in [1.54, 1.807) is 0 Å². The van der Waals surface area contributed by atoms with Gasteiger partial charge in [-0.15, -0.1) is 0 Å². The van der Waals surface area contributed by atoms with E-state index in [1.807, 2.05) is 6.92 Å². The normalized spacial score (nSPS) is 25.8. The second-order valence-electron chi connectivity index (χ2n) is 5.15. The molecule has 2 atom stereocenters. The van der Waals surface area contributed by atoms with Gasteiger partial charge in [0.25, 0.3) is 0 Å². The first-order valence-electron chi connectivity index (χ1n) is 6.79. The Bertz CT molecular complexity index is 238. The highest BCUT2D eigenvalue weighted by Gasteiger charge is 2.38. The van der Waals surface area contributed by atoms with E-state index in [4.69, 9.17) is 5.11 Å². The van der Waals surface area contributed by atoms with Crippen LogP contribution in [-0.4, -0.2) is 36.2 Å². The number of aliphatic hydroxyl groups excluding tert-OH is 1. The van der Waals surface area contributed by atoms with Gasteiger partial charge in [0.15, 0.2) is 0 Å². The monoisotopic (exact) mass is 242 g/mol. The van der Waals surface area contributed by atoms with Crippen molar-refractivity contribution in [3.05, 3.63) is 0 Å². The van der Waals surface area contributed by atoms with Crippen LogP contribution in [0, 0.1) is 5.92 Å². The van der Waals surface area contributed by atoms with E-state index in [0.717, 1.165) is 38.6 Å². The molecule has 4 nitrogen and oxygen atoms in total. The Hall–Kier alpha value is -0.610. The highest BCUT2D eigenvalue weighted by Crippen LogP contribution is 2.22. The maximum Gasteiger partial charge on any atom is 0.240 e. The summed E-state index contributed by atoms with van der Waals surface area (Å²) in [6, 6.07) is 0. The molecule has 4 heteroatoms. The maximum atomic E-state index is 12.1. The molecule has 17 heavy (non-hydrogen) atoms. The van der Waals surface area contributed by atoms with E-state index in [0.29, 0.717) is 12.5 Å². The van der Waals surface area contributed by atoms with Crippen molar-refractivity contribution < 1.29 is 9.90 Å². The smallest absolute Gasteiger partial charge is 0.240 e. The quantitative estimate of drug-likeness (QED) is 0.585. The molecule has 0 bridgehead atoms. The first-order chi connectivity index (χ1) is 8.14. The lowest BCUT2D eigenvalue weighted by Crippen LogP contribution is -2.53. The van der Waals surface area contributed by atoms with Crippen molar-refractivity contribution in [3.63, 3.8) is 0 Å². The summed E-state index contributed by atoms with van der Waals surface area (Å²) in [4.78, 5) is 12.1. The first kappa shape index (κ1) is 14.5. The standard InChI is InChI=1S/C13H26N2O2/c1-3-13(7-5-9-15-13)12(17)14-8-4-6-11(2)10-16/h11,15-16H,3-10H2,1-2H3,(H,14,17). The maximum absolute atomic E-state index is 12.1. The summed E-state index contributed by atoms with van der Waals surface area (Å²) < 4.78 is 0. The van der Waals surface area contributed by atoms with Gasteiger partial charge in [-0.25, -0.2) is 0 Å². The average Bonchev–Trinajstić information content (AvgIpc) is 2.83. The Kier molecular flexibility index (Phi) is 5.92. The van der Waals surface area contributed by atoms with Crippen LogP contribution < -0.4 is 10.6 Å². The molecule has 0 aliphatic carbocycles. The molecule has 1 aliphatic heterocycles. The number of nitrogens with one attached hydrogen (secondary N) is 2. The Morgan fingerprint density at radius 1 is 1.59 bits per heavy atom. The Morgan fingerprint density at radius 3 is 2.88 bits per heavy atom. The van der Waals surface area contributed by atoms with Crippen LogP contribution in [0.1, 0.15) is 46.0 Å². The molecular formula is C13H26N2O2. The highest BCUT2D eigenvalue weighted by molar-refractivity contribution is 5.86. The summed E-state index contributed by atoms with van der Waals surface area (Å²) in [5.74, 6) is 0.478. The van der Waals surface area contributed by atoms with Crippen LogP contribution in [-0.2, 0) is 4.79 Å². The Labute approximate surface area is 104 Å². The van der Waals surface area contributed by atoms with Crippen LogP contribution in [0.5, 0.6) is 0 Å². The molecule has 0 spiro atoms. The summed E-state index contributed by atoms with van der Waals surface area (Å²) in [6.07, 6.45) is 4.79. The lowest BCUT2D eigenvalue weighted by molar-refractivity contribution is -0.127. The van der Waals surface area contributed by atoms with Gasteiger partial charge in [-0.2, -0.15) is 0 Å². The van der Waals surface area contributed by atoms with Gasteiger partial charge in [0.2, 0.25) is 5.91 Å². The Morgan fingerprint density at radius 2 is 2.35 bits per heavy atom. The fourth-order valence-corrected chi connectivity index (χ4v) is 2.38. The Balaban J connectivity index is 2.24. The van der Waals surface area contributed by atoms with Gasteiger partial charge < -0.3 is 15.7 Å². The van der Waals surface area contributed by atoms with Gasteiger partial charge in [0.1, 0.15) is 0 Å². The molecule has 1 fully saturated rings. The van der Waals surface area contributed by atoms with Crippen LogP contribution in [0.4, 0.5) is 0 Å². The first-order valence-corrected chi connectivity index (χ1v) is 6.79. The molecule has 2 unspecified atom stereocenters. The minimum Gasteiger partial charge on any atom is -0.396 e. The van der Waals surface area contributed by atoms with E-state index in [9.17, 15) is 4.79 Å². The third kappa shape index (κ3) is 3.96. The minimum atomic E-state index is -0.317. The molecule has 1 amide bonds. The van der Waals surface area contributed by atoms with Crippen molar-refractivity contribution in [2.24, 2.45) is 5.92 Å². The SMILES string of the molecule is CCC1(C(=O)NCCCC(C)CO)CCCN1.